The number of rotatable bonds is 1. The molecule has 0 spiro atoms. The molecule has 7 aliphatic carbocycles. The molecule has 0 amide bonds. The first kappa shape index (κ1) is 9.58. The molecule has 92 valence electrons. The zero-order valence-electron chi connectivity index (χ0n) is 10.7. The molecule has 0 aromatic carbocycles. The van der Waals surface area contributed by atoms with Crippen LogP contribution in [0.2, 0.25) is 0 Å². The van der Waals surface area contributed by atoms with Gasteiger partial charge in [0.15, 0.2) is 0 Å². The average molecular weight is 230 g/mol. The van der Waals surface area contributed by atoms with E-state index in [1.54, 1.807) is 0 Å². The molecule has 0 aromatic heterocycles. The average Bonchev–Trinajstić information content (AvgIpc) is 2.34. The fourth-order valence-electron chi connectivity index (χ4n) is 7.62. The maximum absolute atomic E-state index is 12.4. The number of carbonyl (C=O) groups excluding carboxylic acids is 1. The van der Waals surface area contributed by atoms with Crippen molar-refractivity contribution >= 4 is 5.78 Å². The lowest BCUT2D eigenvalue weighted by molar-refractivity contribution is -0.246. The van der Waals surface area contributed by atoms with Crippen molar-refractivity contribution < 1.29 is 4.79 Å². The Bertz CT molecular complexity index is 388. The summed E-state index contributed by atoms with van der Waals surface area (Å²) in [7, 11) is 0. The number of hydrogen-bond donors (Lipinski definition) is 0. The van der Waals surface area contributed by atoms with Gasteiger partial charge in [-0.05, 0) is 86.9 Å². The fraction of sp³-hybridized carbons (Fsp3) is 0.938. The highest BCUT2D eigenvalue weighted by Crippen LogP contribution is 2.76. The van der Waals surface area contributed by atoms with Crippen molar-refractivity contribution in [2.75, 3.05) is 0 Å². The summed E-state index contributed by atoms with van der Waals surface area (Å²) >= 11 is 0. The molecule has 17 heavy (non-hydrogen) atoms. The van der Waals surface area contributed by atoms with E-state index in [9.17, 15) is 4.79 Å². The number of carbonyl (C=O) groups is 1. The highest BCUT2D eigenvalue weighted by molar-refractivity contribution is 5.84. The van der Waals surface area contributed by atoms with E-state index in [0.29, 0.717) is 5.78 Å². The minimum absolute atomic E-state index is 0.184. The highest BCUT2D eigenvalue weighted by Gasteiger charge is 2.71. The molecule has 0 aromatic rings. The van der Waals surface area contributed by atoms with E-state index in [2.05, 4.69) is 0 Å². The first-order valence-corrected chi connectivity index (χ1v) is 7.71. The molecule has 0 N–H and O–H groups in total. The molecule has 8 bridgehead atoms. The molecule has 7 saturated carbocycles. The Morgan fingerprint density at radius 3 is 2.06 bits per heavy atom. The normalized spacial score (nSPS) is 65.6. The largest absolute Gasteiger partial charge is 0.299 e. The van der Waals surface area contributed by atoms with Gasteiger partial charge in [0, 0.05) is 5.41 Å². The lowest BCUT2D eigenvalue weighted by Crippen LogP contribution is -2.69. The zero-order valence-corrected chi connectivity index (χ0v) is 10.7. The van der Waals surface area contributed by atoms with Crippen LogP contribution in [0.25, 0.3) is 0 Å². The van der Waals surface area contributed by atoms with E-state index < -0.39 is 0 Å². The lowest BCUT2D eigenvalue weighted by Gasteiger charge is -2.73. The van der Waals surface area contributed by atoms with Crippen LogP contribution in [-0.2, 0) is 4.79 Å². The summed E-state index contributed by atoms with van der Waals surface area (Å²) in [4.78, 5) is 12.4. The van der Waals surface area contributed by atoms with Gasteiger partial charge in [0.05, 0.1) is 0 Å². The smallest absolute Gasteiger partial charge is 0.136 e. The third-order valence-corrected chi connectivity index (χ3v) is 7.73. The quantitative estimate of drug-likeness (QED) is 0.675. The Labute approximate surface area is 103 Å². The van der Waals surface area contributed by atoms with E-state index >= 15 is 0 Å². The van der Waals surface area contributed by atoms with Gasteiger partial charge >= 0.3 is 0 Å². The van der Waals surface area contributed by atoms with Crippen LogP contribution in [0.5, 0.6) is 0 Å². The van der Waals surface area contributed by atoms with Crippen LogP contribution in [0.4, 0.5) is 0 Å². The Kier molecular flexibility index (Phi) is 1.49. The Morgan fingerprint density at radius 2 is 1.47 bits per heavy atom. The summed E-state index contributed by atoms with van der Waals surface area (Å²) in [5.74, 6) is 7.10. The molecular weight excluding hydrogens is 208 g/mol. The van der Waals surface area contributed by atoms with Crippen LogP contribution in [0, 0.1) is 46.8 Å². The van der Waals surface area contributed by atoms with Crippen molar-refractivity contribution in [2.24, 2.45) is 46.8 Å². The number of Topliss-reactive ketones (excluding diaryl/α,β-unsaturated/α-hetero) is 1. The van der Waals surface area contributed by atoms with Crippen molar-refractivity contribution in [3.63, 3.8) is 0 Å². The second kappa shape index (κ2) is 2.65. The van der Waals surface area contributed by atoms with Crippen molar-refractivity contribution in [2.45, 2.75) is 45.4 Å². The van der Waals surface area contributed by atoms with Crippen LogP contribution in [-0.4, -0.2) is 5.78 Å². The molecule has 0 radical (unpaired) electrons. The molecule has 1 nitrogen and oxygen atoms in total. The Balaban J connectivity index is 1.73. The first-order valence-electron chi connectivity index (χ1n) is 7.71. The minimum atomic E-state index is 0.184. The van der Waals surface area contributed by atoms with Gasteiger partial charge in [0.25, 0.3) is 0 Å². The van der Waals surface area contributed by atoms with E-state index in [1.807, 2.05) is 6.92 Å². The third kappa shape index (κ3) is 0.851. The van der Waals surface area contributed by atoms with Gasteiger partial charge in [-0.3, -0.25) is 4.79 Å². The summed E-state index contributed by atoms with van der Waals surface area (Å²) in [6, 6.07) is 0. The van der Waals surface area contributed by atoms with Gasteiger partial charge in [-0.25, -0.2) is 0 Å². The van der Waals surface area contributed by atoms with Gasteiger partial charge < -0.3 is 0 Å². The molecule has 7 rings (SSSR count). The Hall–Kier alpha value is -0.330. The molecule has 1 heteroatoms. The van der Waals surface area contributed by atoms with Gasteiger partial charge in [-0.1, -0.05) is 0 Å². The first-order chi connectivity index (χ1) is 8.20. The van der Waals surface area contributed by atoms with Crippen molar-refractivity contribution in [3.05, 3.63) is 0 Å². The summed E-state index contributed by atoms with van der Waals surface area (Å²) in [5, 5.41) is 0. The fourth-order valence-corrected chi connectivity index (χ4v) is 7.62. The minimum Gasteiger partial charge on any atom is -0.299 e. The SMILES string of the molecule is CC(=O)C12CC3CC4C5CC(CC41)CC2C5C3. The molecule has 0 saturated heterocycles. The zero-order chi connectivity index (χ0) is 11.4. The predicted molar refractivity (Wildman–Crippen MR) is 65.2 cm³/mol. The lowest BCUT2D eigenvalue weighted by atomic mass is 9.30. The van der Waals surface area contributed by atoms with Crippen LogP contribution in [0.1, 0.15) is 45.4 Å². The maximum atomic E-state index is 12.4. The highest BCUT2D eigenvalue weighted by atomic mass is 16.1. The molecule has 7 aliphatic rings. The summed E-state index contributed by atoms with van der Waals surface area (Å²) in [5.41, 5.74) is 0.184. The standard InChI is InChI=1S/C16H22O/c1-8(17)16-7-10-3-12-11-2-9(5-14(12)16)6-15(16)13(11)4-10/h9-15H,2-7H2,1H3. The maximum Gasteiger partial charge on any atom is 0.136 e. The third-order valence-electron chi connectivity index (χ3n) is 7.73. The predicted octanol–water partition coefficient (Wildman–Crippen LogP) is 3.28. The summed E-state index contributed by atoms with van der Waals surface area (Å²) in [6.07, 6.45) is 8.61. The van der Waals surface area contributed by atoms with Crippen molar-refractivity contribution in [1.82, 2.24) is 0 Å². The van der Waals surface area contributed by atoms with E-state index in [4.69, 9.17) is 0 Å². The van der Waals surface area contributed by atoms with E-state index in [0.717, 1.165) is 41.4 Å². The topological polar surface area (TPSA) is 17.1 Å². The molecule has 0 aliphatic heterocycles. The molecule has 7 fully saturated rings. The van der Waals surface area contributed by atoms with Crippen LogP contribution < -0.4 is 0 Å². The monoisotopic (exact) mass is 230 g/mol. The molecule has 0 heterocycles. The number of hydrogen-bond acceptors (Lipinski definition) is 1. The van der Waals surface area contributed by atoms with Crippen LogP contribution >= 0.6 is 0 Å². The molecular formula is C16H22O. The van der Waals surface area contributed by atoms with E-state index in [-0.39, 0.29) is 5.41 Å². The van der Waals surface area contributed by atoms with Crippen molar-refractivity contribution in [3.8, 4) is 0 Å². The van der Waals surface area contributed by atoms with Gasteiger partial charge in [0.1, 0.15) is 5.78 Å². The van der Waals surface area contributed by atoms with Crippen molar-refractivity contribution in [1.29, 1.82) is 0 Å². The van der Waals surface area contributed by atoms with E-state index in [1.165, 1.54) is 38.5 Å². The molecule has 4 atom stereocenters. The summed E-state index contributed by atoms with van der Waals surface area (Å²) in [6.45, 7) is 1.92. The van der Waals surface area contributed by atoms with Gasteiger partial charge in [0.2, 0.25) is 0 Å². The summed E-state index contributed by atoms with van der Waals surface area (Å²) < 4.78 is 0. The number of ketones is 1. The Morgan fingerprint density at radius 1 is 0.882 bits per heavy atom. The van der Waals surface area contributed by atoms with Crippen LogP contribution in [0.3, 0.4) is 0 Å². The van der Waals surface area contributed by atoms with Gasteiger partial charge in [-0.2, -0.15) is 0 Å². The van der Waals surface area contributed by atoms with Gasteiger partial charge in [-0.15, -0.1) is 0 Å². The molecule has 4 unspecified atom stereocenters. The van der Waals surface area contributed by atoms with Crippen LogP contribution in [0.15, 0.2) is 0 Å². The second-order valence-electron chi connectivity index (χ2n) is 7.92. The second-order valence-corrected chi connectivity index (χ2v) is 7.92.